The lowest BCUT2D eigenvalue weighted by atomic mass is 9.91. The molecule has 0 bridgehead atoms. The van der Waals surface area contributed by atoms with Crippen molar-refractivity contribution in [1.29, 1.82) is 0 Å². The number of hydrogen-bond acceptors (Lipinski definition) is 1. The average Bonchev–Trinajstić information content (AvgIpc) is 2.25. The summed E-state index contributed by atoms with van der Waals surface area (Å²) in [7, 11) is 0. The van der Waals surface area contributed by atoms with Crippen LogP contribution in [0.4, 0.5) is 0 Å². The molecule has 1 saturated carbocycles. The third-order valence-corrected chi connectivity index (χ3v) is 5.05. The van der Waals surface area contributed by atoms with E-state index < -0.39 is 0 Å². The SMILES string of the molecule is CC1=CC=C(SC2CCC(C)CC2)CC1. The summed E-state index contributed by atoms with van der Waals surface area (Å²) in [4.78, 5) is 1.63. The Morgan fingerprint density at radius 2 is 1.80 bits per heavy atom. The van der Waals surface area contributed by atoms with Gasteiger partial charge in [0.25, 0.3) is 0 Å². The molecule has 2 aliphatic carbocycles. The van der Waals surface area contributed by atoms with Crippen molar-refractivity contribution < 1.29 is 0 Å². The van der Waals surface area contributed by atoms with E-state index in [-0.39, 0.29) is 0 Å². The zero-order chi connectivity index (χ0) is 10.7. The van der Waals surface area contributed by atoms with Gasteiger partial charge >= 0.3 is 0 Å². The summed E-state index contributed by atoms with van der Waals surface area (Å²) in [5, 5.41) is 0.916. The van der Waals surface area contributed by atoms with Gasteiger partial charge in [-0.05, 0) is 56.3 Å². The summed E-state index contributed by atoms with van der Waals surface area (Å²) in [5.74, 6) is 0.976. The average molecular weight is 222 g/mol. The van der Waals surface area contributed by atoms with Crippen molar-refractivity contribution >= 4 is 11.8 Å². The number of thioether (sulfide) groups is 1. The molecule has 0 aliphatic heterocycles. The fourth-order valence-electron chi connectivity index (χ4n) is 2.38. The van der Waals surface area contributed by atoms with E-state index in [2.05, 4.69) is 37.8 Å². The Morgan fingerprint density at radius 3 is 2.40 bits per heavy atom. The van der Waals surface area contributed by atoms with Crippen molar-refractivity contribution in [3.8, 4) is 0 Å². The van der Waals surface area contributed by atoms with Crippen LogP contribution in [0.5, 0.6) is 0 Å². The van der Waals surface area contributed by atoms with Gasteiger partial charge in [-0.1, -0.05) is 24.6 Å². The molecular weight excluding hydrogens is 200 g/mol. The fraction of sp³-hybridized carbons (Fsp3) is 0.714. The maximum absolute atomic E-state index is 2.40. The predicted octanol–water partition coefficient (Wildman–Crippen LogP) is 4.92. The second-order valence-corrected chi connectivity index (χ2v) is 6.57. The highest BCUT2D eigenvalue weighted by Gasteiger charge is 2.20. The Labute approximate surface area is 98.2 Å². The maximum atomic E-state index is 2.40. The van der Waals surface area contributed by atoms with E-state index in [1.165, 1.54) is 44.1 Å². The summed E-state index contributed by atoms with van der Waals surface area (Å²) < 4.78 is 0. The molecule has 0 amide bonds. The molecule has 0 unspecified atom stereocenters. The van der Waals surface area contributed by atoms with Gasteiger partial charge in [-0.2, -0.15) is 0 Å². The van der Waals surface area contributed by atoms with Crippen molar-refractivity contribution in [2.75, 3.05) is 0 Å². The molecular formula is C14H22S. The largest absolute Gasteiger partial charge is 0.127 e. The number of rotatable bonds is 2. The summed E-state index contributed by atoms with van der Waals surface area (Å²) >= 11 is 2.16. The van der Waals surface area contributed by atoms with Crippen molar-refractivity contribution in [3.63, 3.8) is 0 Å². The van der Waals surface area contributed by atoms with Gasteiger partial charge in [0.2, 0.25) is 0 Å². The summed E-state index contributed by atoms with van der Waals surface area (Å²) in [5.41, 5.74) is 1.54. The lowest BCUT2D eigenvalue weighted by Crippen LogP contribution is -2.14. The first-order chi connectivity index (χ1) is 7.24. The number of allylic oxidation sites excluding steroid dienone is 4. The Hall–Kier alpha value is -0.170. The van der Waals surface area contributed by atoms with Crippen molar-refractivity contribution in [1.82, 2.24) is 0 Å². The second kappa shape index (κ2) is 5.25. The minimum absolute atomic E-state index is 0.916. The van der Waals surface area contributed by atoms with Crippen LogP contribution in [0.25, 0.3) is 0 Å². The Kier molecular flexibility index (Phi) is 3.96. The molecule has 1 fully saturated rings. The van der Waals surface area contributed by atoms with E-state index in [1.54, 1.807) is 4.91 Å². The van der Waals surface area contributed by atoms with Crippen molar-refractivity contribution in [2.24, 2.45) is 5.92 Å². The van der Waals surface area contributed by atoms with E-state index >= 15 is 0 Å². The Balaban J connectivity index is 1.82. The van der Waals surface area contributed by atoms with Gasteiger partial charge in [0, 0.05) is 5.25 Å². The minimum Gasteiger partial charge on any atom is -0.127 e. The minimum atomic E-state index is 0.916. The van der Waals surface area contributed by atoms with E-state index in [1.807, 2.05) is 0 Å². The zero-order valence-electron chi connectivity index (χ0n) is 9.96. The third-order valence-electron chi connectivity index (χ3n) is 3.60. The van der Waals surface area contributed by atoms with Crippen molar-refractivity contribution in [3.05, 3.63) is 22.6 Å². The normalized spacial score (nSPS) is 32.1. The maximum Gasteiger partial charge on any atom is 0.00913 e. The lowest BCUT2D eigenvalue weighted by Gasteiger charge is -2.27. The van der Waals surface area contributed by atoms with Crippen LogP contribution in [-0.4, -0.2) is 5.25 Å². The fourth-order valence-corrected chi connectivity index (χ4v) is 3.68. The van der Waals surface area contributed by atoms with Crippen LogP contribution >= 0.6 is 11.8 Å². The van der Waals surface area contributed by atoms with Gasteiger partial charge in [-0.25, -0.2) is 0 Å². The molecule has 0 nitrogen and oxygen atoms in total. The van der Waals surface area contributed by atoms with E-state index in [0.717, 1.165) is 11.2 Å². The molecule has 0 N–H and O–H groups in total. The van der Waals surface area contributed by atoms with Gasteiger partial charge in [0.05, 0.1) is 0 Å². The van der Waals surface area contributed by atoms with Gasteiger partial charge in [-0.3, -0.25) is 0 Å². The number of hydrogen-bond donors (Lipinski definition) is 0. The Bertz CT molecular complexity index is 267. The first kappa shape index (κ1) is 11.3. The van der Waals surface area contributed by atoms with Crippen LogP contribution in [0.15, 0.2) is 22.6 Å². The topological polar surface area (TPSA) is 0 Å². The molecule has 0 atom stereocenters. The van der Waals surface area contributed by atoms with E-state index in [9.17, 15) is 0 Å². The highest BCUT2D eigenvalue weighted by atomic mass is 32.2. The monoisotopic (exact) mass is 222 g/mol. The summed E-state index contributed by atoms with van der Waals surface area (Å²) in [6.07, 6.45) is 13.0. The smallest absolute Gasteiger partial charge is 0.00913 e. The van der Waals surface area contributed by atoms with Crippen LogP contribution in [0.1, 0.15) is 52.4 Å². The third kappa shape index (κ3) is 3.41. The van der Waals surface area contributed by atoms with Gasteiger partial charge in [-0.15, -0.1) is 11.8 Å². The molecule has 2 aliphatic rings. The molecule has 0 aromatic rings. The van der Waals surface area contributed by atoms with Crippen LogP contribution in [0.2, 0.25) is 0 Å². The molecule has 15 heavy (non-hydrogen) atoms. The molecule has 2 rings (SSSR count). The molecule has 0 spiro atoms. The molecule has 0 aromatic carbocycles. The summed E-state index contributed by atoms with van der Waals surface area (Å²) in [6, 6.07) is 0. The second-order valence-electron chi connectivity index (χ2n) is 5.15. The van der Waals surface area contributed by atoms with Gasteiger partial charge < -0.3 is 0 Å². The van der Waals surface area contributed by atoms with Crippen molar-refractivity contribution in [2.45, 2.75) is 57.6 Å². The molecule has 84 valence electrons. The lowest BCUT2D eigenvalue weighted by molar-refractivity contribution is 0.393. The predicted molar refractivity (Wildman–Crippen MR) is 70.1 cm³/mol. The standard InChI is InChI=1S/C14H22S/c1-11-3-7-13(8-4-11)15-14-9-5-12(2)6-10-14/h3,7,12,14H,4-6,8-10H2,1-2H3. The molecule has 1 heteroatoms. The zero-order valence-corrected chi connectivity index (χ0v) is 10.8. The molecule has 0 saturated heterocycles. The molecule has 0 heterocycles. The van der Waals surface area contributed by atoms with Gasteiger partial charge in [0.15, 0.2) is 0 Å². The van der Waals surface area contributed by atoms with Crippen LogP contribution in [0, 0.1) is 5.92 Å². The highest BCUT2D eigenvalue weighted by molar-refractivity contribution is 8.03. The van der Waals surface area contributed by atoms with Crippen LogP contribution < -0.4 is 0 Å². The van der Waals surface area contributed by atoms with Gasteiger partial charge in [0.1, 0.15) is 0 Å². The summed E-state index contributed by atoms with van der Waals surface area (Å²) in [6.45, 7) is 4.63. The molecule has 0 radical (unpaired) electrons. The first-order valence-corrected chi connectivity index (χ1v) is 7.15. The van der Waals surface area contributed by atoms with E-state index in [4.69, 9.17) is 0 Å². The molecule has 0 aromatic heterocycles. The quantitative estimate of drug-likeness (QED) is 0.639. The highest BCUT2D eigenvalue weighted by Crippen LogP contribution is 2.38. The van der Waals surface area contributed by atoms with Crippen LogP contribution in [-0.2, 0) is 0 Å². The van der Waals surface area contributed by atoms with Crippen LogP contribution in [0.3, 0.4) is 0 Å². The van der Waals surface area contributed by atoms with E-state index in [0.29, 0.717) is 0 Å². The Morgan fingerprint density at radius 1 is 1.07 bits per heavy atom. The first-order valence-electron chi connectivity index (χ1n) is 6.27.